The summed E-state index contributed by atoms with van der Waals surface area (Å²) in [5, 5.41) is 0.591. The first kappa shape index (κ1) is 26.7. The lowest BCUT2D eigenvalue weighted by molar-refractivity contribution is 0.289. The molecule has 2 aromatic heterocycles. The summed E-state index contributed by atoms with van der Waals surface area (Å²) in [7, 11) is 0. The Bertz CT molecular complexity index is 955. The minimum Gasteiger partial charge on any atom is -0.473 e. The number of rotatable bonds is 9. The molecule has 0 amide bonds. The predicted octanol–water partition coefficient (Wildman–Crippen LogP) is 7.17. The van der Waals surface area contributed by atoms with E-state index in [0.717, 1.165) is 48.8 Å². The van der Waals surface area contributed by atoms with Crippen LogP contribution in [0.4, 0.5) is 0 Å². The van der Waals surface area contributed by atoms with Gasteiger partial charge in [-0.05, 0) is 42.2 Å². The first-order valence-electron chi connectivity index (χ1n) is 11.8. The zero-order valence-electron chi connectivity index (χ0n) is 20.6. The molecule has 0 atom stereocenters. The van der Waals surface area contributed by atoms with E-state index in [9.17, 15) is 0 Å². The van der Waals surface area contributed by atoms with Crippen LogP contribution in [-0.2, 0) is 24.9 Å². The predicted molar refractivity (Wildman–Crippen MR) is 136 cm³/mol. The van der Waals surface area contributed by atoms with E-state index in [1.807, 2.05) is 6.20 Å². The van der Waals surface area contributed by atoms with Gasteiger partial charge in [-0.3, -0.25) is 0 Å². The Hall–Kier alpha value is -2.53. The van der Waals surface area contributed by atoms with E-state index in [1.165, 1.54) is 18.3 Å². The molecule has 6 heteroatoms. The third-order valence-corrected chi connectivity index (χ3v) is 5.62. The van der Waals surface area contributed by atoms with E-state index in [0.29, 0.717) is 17.6 Å². The molecule has 0 saturated carbocycles. The standard InChI is InChI=1S/C19H26N2O.C8H11ClN2/c1-5-6-7-16-12-20-14-21-18(16)22-13-15-8-10-17(11-9-15)19(2,3)4;1-2-3-4-7-5-10-6-11-8(7)9/h8-12,14H,5-7,13H2,1-4H3;5-6H,2-4H2,1H3. The van der Waals surface area contributed by atoms with Gasteiger partial charge in [0.05, 0.1) is 0 Å². The molecule has 0 aliphatic rings. The summed E-state index contributed by atoms with van der Waals surface area (Å²) in [6.45, 7) is 11.5. The fraction of sp³-hybridized carbons (Fsp3) is 0.481. The monoisotopic (exact) mass is 468 g/mol. The fourth-order valence-corrected chi connectivity index (χ4v) is 3.33. The molecular weight excluding hydrogens is 432 g/mol. The van der Waals surface area contributed by atoms with Gasteiger partial charge in [0.2, 0.25) is 5.88 Å². The van der Waals surface area contributed by atoms with Gasteiger partial charge in [0.15, 0.2) is 0 Å². The van der Waals surface area contributed by atoms with E-state index >= 15 is 0 Å². The van der Waals surface area contributed by atoms with Crippen molar-refractivity contribution < 1.29 is 4.74 Å². The van der Waals surface area contributed by atoms with Crippen LogP contribution < -0.4 is 4.74 Å². The van der Waals surface area contributed by atoms with Gasteiger partial charge < -0.3 is 4.74 Å². The topological polar surface area (TPSA) is 60.8 Å². The van der Waals surface area contributed by atoms with Gasteiger partial charge in [-0.15, -0.1) is 0 Å². The van der Waals surface area contributed by atoms with E-state index < -0.39 is 0 Å². The summed E-state index contributed by atoms with van der Waals surface area (Å²) < 4.78 is 5.89. The molecule has 178 valence electrons. The Kier molecular flexibility index (Phi) is 11.2. The molecule has 0 unspecified atom stereocenters. The first-order chi connectivity index (χ1) is 15.8. The SMILES string of the molecule is CCCCc1cncnc1Cl.CCCCc1cncnc1OCc1ccc(C(C)(C)C)cc1. The van der Waals surface area contributed by atoms with Gasteiger partial charge in [-0.25, -0.2) is 19.9 Å². The molecule has 33 heavy (non-hydrogen) atoms. The van der Waals surface area contributed by atoms with Gasteiger partial charge in [0.25, 0.3) is 0 Å². The highest BCUT2D eigenvalue weighted by Gasteiger charge is 2.13. The molecule has 0 spiro atoms. The van der Waals surface area contributed by atoms with Crippen molar-refractivity contribution in [1.82, 2.24) is 19.9 Å². The second-order valence-corrected chi connectivity index (χ2v) is 9.49. The highest BCUT2D eigenvalue weighted by molar-refractivity contribution is 6.30. The lowest BCUT2D eigenvalue weighted by atomic mass is 9.87. The van der Waals surface area contributed by atoms with Crippen molar-refractivity contribution in [3.8, 4) is 5.88 Å². The Labute approximate surface area is 204 Å². The molecule has 3 rings (SSSR count). The number of benzene rings is 1. The van der Waals surface area contributed by atoms with Crippen molar-refractivity contribution in [2.24, 2.45) is 0 Å². The second-order valence-electron chi connectivity index (χ2n) is 9.13. The number of hydrogen-bond acceptors (Lipinski definition) is 5. The molecule has 0 fully saturated rings. The number of hydrogen-bond donors (Lipinski definition) is 0. The number of aryl methyl sites for hydroxylation is 2. The van der Waals surface area contributed by atoms with E-state index in [-0.39, 0.29) is 5.41 Å². The van der Waals surface area contributed by atoms with Gasteiger partial charge in [0.1, 0.15) is 24.4 Å². The molecule has 0 radical (unpaired) electrons. The maximum absolute atomic E-state index is 5.89. The lowest BCUT2D eigenvalue weighted by Crippen LogP contribution is -2.11. The molecule has 0 bridgehead atoms. The van der Waals surface area contributed by atoms with Crippen molar-refractivity contribution in [2.75, 3.05) is 0 Å². The summed E-state index contributed by atoms with van der Waals surface area (Å²) >= 11 is 5.81. The molecule has 0 aliphatic heterocycles. The summed E-state index contributed by atoms with van der Waals surface area (Å²) in [5.74, 6) is 0.711. The van der Waals surface area contributed by atoms with Crippen LogP contribution in [-0.4, -0.2) is 19.9 Å². The molecule has 2 heterocycles. The average molecular weight is 469 g/mol. The molecule has 0 aliphatic carbocycles. The minimum absolute atomic E-state index is 0.180. The molecule has 1 aromatic carbocycles. The summed E-state index contributed by atoms with van der Waals surface area (Å²) in [4.78, 5) is 16.2. The smallest absolute Gasteiger partial charge is 0.219 e. The summed E-state index contributed by atoms with van der Waals surface area (Å²) in [6, 6.07) is 8.62. The van der Waals surface area contributed by atoms with E-state index in [1.54, 1.807) is 12.5 Å². The van der Waals surface area contributed by atoms with Crippen LogP contribution in [0, 0.1) is 0 Å². The van der Waals surface area contributed by atoms with Gasteiger partial charge in [0, 0.05) is 23.5 Å². The highest BCUT2D eigenvalue weighted by atomic mass is 35.5. The molecule has 0 N–H and O–H groups in total. The largest absolute Gasteiger partial charge is 0.473 e. The number of ether oxygens (including phenoxy) is 1. The van der Waals surface area contributed by atoms with Crippen LogP contribution in [0.2, 0.25) is 5.15 Å². The summed E-state index contributed by atoms with van der Waals surface area (Å²) in [6.07, 6.45) is 13.2. The molecule has 3 aromatic rings. The number of unbranched alkanes of at least 4 members (excludes halogenated alkanes) is 2. The van der Waals surface area contributed by atoms with Crippen LogP contribution in [0.3, 0.4) is 0 Å². The second kappa shape index (κ2) is 13.9. The van der Waals surface area contributed by atoms with Crippen LogP contribution in [0.25, 0.3) is 0 Å². The molecular formula is C27H37ClN4O. The van der Waals surface area contributed by atoms with Crippen molar-refractivity contribution in [3.63, 3.8) is 0 Å². The molecule has 5 nitrogen and oxygen atoms in total. The van der Waals surface area contributed by atoms with Gasteiger partial charge in [-0.2, -0.15) is 0 Å². The highest BCUT2D eigenvalue weighted by Crippen LogP contribution is 2.23. The van der Waals surface area contributed by atoms with Crippen molar-refractivity contribution >= 4 is 11.6 Å². The number of nitrogens with zero attached hydrogens (tertiary/aromatic N) is 4. The average Bonchev–Trinajstić information content (AvgIpc) is 2.81. The van der Waals surface area contributed by atoms with Gasteiger partial charge >= 0.3 is 0 Å². The summed E-state index contributed by atoms with van der Waals surface area (Å²) in [5.41, 5.74) is 4.82. The van der Waals surface area contributed by atoms with Gasteiger partial charge in [-0.1, -0.05) is 83.3 Å². The van der Waals surface area contributed by atoms with Crippen molar-refractivity contribution in [1.29, 1.82) is 0 Å². The third kappa shape index (κ3) is 9.47. The van der Waals surface area contributed by atoms with E-state index in [4.69, 9.17) is 16.3 Å². The maximum Gasteiger partial charge on any atom is 0.219 e. The lowest BCUT2D eigenvalue weighted by Gasteiger charge is -2.19. The quantitative estimate of drug-likeness (QED) is 0.311. The van der Waals surface area contributed by atoms with Crippen LogP contribution >= 0.6 is 11.6 Å². The fourth-order valence-electron chi connectivity index (χ4n) is 3.15. The Morgan fingerprint density at radius 3 is 1.97 bits per heavy atom. The third-order valence-electron chi connectivity index (χ3n) is 5.27. The zero-order valence-corrected chi connectivity index (χ0v) is 21.4. The van der Waals surface area contributed by atoms with Crippen molar-refractivity contribution in [3.05, 3.63) is 76.7 Å². The van der Waals surface area contributed by atoms with Crippen molar-refractivity contribution in [2.45, 2.75) is 85.2 Å². The van der Waals surface area contributed by atoms with Crippen LogP contribution in [0.1, 0.15) is 82.6 Å². The number of aromatic nitrogens is 4. The Morgan fingerprint density at radius 1 is 0.818 bits per heavy atom. The Balaban J connectivity index is 0.000000294. The minimum atomic E-state index is 0.180. The van der Waals surface area contributed by atoms with Crippen LogP contribution in [0.15, 0.2) is 49.3 Å². The Morgan fingerprint density at radius 2 is 1.39 bits per heavy atom. The number of halogens is 1. The first-order valence-corrected chi connectivity index (χ1v) is 12.2. The maximum atomic E-state index is 5.89. The molecule has 0 saturated heterocycles. The van der Waals surface area contributed by atoms with Crippen LogP contribution in [0.5, 0.6) is 5.88 Å². The zero-order chi connectivity index (χ0) is 24.1. The van der Waals surface area contributed by atoms with E-state index in [2.05, 4.69) is 78.8 Å². The normalized spacial score (nSPS) is 11.0.